The van der Waals surface area contributed by atoms with Crippen LogP contribution in [0.3, 0.4) is 0 Å². The molecule has 3 rings (SSSR count). The van der Waals surface area contributed by atoms with Gasteiger partial charge in [0.25, 0.3) is 5.91 Å². The highest BCUT2D eigenvalue weighted by molar-refractivity contribution is 5.96. The lowest BCUT2D eigenvalue weighted by atomic mass is 9.87. The van der Waals surface area contributed by atoms with Crippen LogP contribution < -0.4 is 0 Å². The molecule has 0 unspecified atom stereocenters. The Morgan fingerprint density at radius 3 is 2.42 bits per heavy atom. The number of rotatable bonds is 3. The first-order valence-corrected chi connectivity index (χ1v) is 9.51. The topological polar surface area (TPSA) is 69.9 Å². The summed E-state index contributed by atoms with van der Waals surface area (Å²) >= 11 is 0. The second-order valence-electron chi connectivity index (χ2n) is 7.88. The minimum atomic E-state index is 0.0206. The Morgan fingerprint density at radius 2 is 1.81 bits per heavy atom. The summed E-state index contributed by atoms with van der Waals surface area (Å²) in [4.78, 5) is 31.1. The summed E-state index contributed by atoms with van der Waals surface area (Å²) in [5.74, 6) is 0.761. The normalized spacial score (nSPS) is 24.1. The van der Waals surface area contributed by atoms with Crippen molar-refractivity contribution in [1.82, 2.24) is 19.9 Å². The van der Waals surface area contributed by atoms with Crippen LogP contribution in [-0.4, -0.2) is 77.5 Å². The fourth-order valence-corrected chi connectivity index (χ4v) is 4.44. The largest absolute Gasteiger partial charge is 0.361 e. The van der Waals surface area contributed by atoms with E-state index in [-0.39, 0.29) is 17.4 Å². The van der Waals surface area contributed by atoms with Gasteiger partial charge in [-0.3, -0.25) is 14.5 Å². The van der Waals surface area contributed by atoms with Crippen molar-refractivity contribution >= 4 is 11.8 Å². The molecule has 1 aromatic rings. The van der Waals surface area contributed by atoms with Gasteiger partial charge in [0, 0.05) is 32.7 Å². The number of likely N-dealkylation sites (tertiary alicyclic amines) is 2. The molecule has 1 aromatic heterocycles. The average molecular weight is 362 g/mol. The van der Waals surface area contributed by atoms with Crippen LogP contribution in [0.15, 0.2) is 4.52 Å². The molecule has 0 aromatic carbocycles. The molecule has 0 bridgehead atoms. The zero-order valence-corrected chi connectivity index (χ0v) is 16.4. The Labute approximate surface area is 155 Å². The van der Waals surface area contributed by atoms with Gasteiger partial charge in [-0.25, -0.2) is 0 Å². The van der Waals surface area contributed by atoms with Crippen LogP contribution in [0.5, 0.6) is 0 Å². The van der Waals surface area contributed by atoms with Crippen molar-refractivity contribution in [2.45, 2.75) is 51.5 Å². The van der Waals surface area contributed by atoms with E-state index in [4.69, 9.17) is 4.52 Å². The third-order valence-electron chi connectivity index (χ3n) is 6.02. The van der Waals surface area contributed by atoms with Crippen molar-refractivity contribution < 1.29 is 14.1 Å². The van der Waals surface area contributed by atoms with Crippen LogP contribution in [0, 0.1) is 13.8 Å². The molecule has 0 radical (unpaired) electrons. The molecule has 7 heteroatoms. The third-order valence-corrected chi connectivity index (χ3v) is 6.02. The van der Waals surface area contributed by atoms with Gasteiger partial charge in [-0.2, -0.15) is 0 Å². The summed E-state index contributed by atoms with van der Waals surface area (Å²) in [5.41, 5.74) is 1.32. The monoisotopic (exact) mass is 362 g/mol. The van der Waals surface area contributed by atoms with E-state index in [9.17, 15) is 9.59 Å². The number of aromatic nitrogens is 1. The lowest BCUT2D eigenvalue weighted by Crippen LogP contribution is -2.48. The second kappa shape index (κ2) is 7.39. The van der Waals surface area contributed by atoms with Crippen molar-refractivity contribution in [3.8, 4) is 0 Å². The molecular weight excluding hydrogens is 332 g/mol. The number of aryl methyl sites for hydroxylation is 2. The van der Waals surface area contributed by atoms with E-state index in [1.807, 2.05) is 25.9 Å². The van der Waals surface area contributed by atoms with E-state index in [2.05, 4.69) is 10.1 Å². The van der Waals surface area contributed by atoms with Gasteiger partial charge in [0.1, 0.15) is 11.3 Å². The van der Waals surface area contributed by atoms with Gasteiger partial charge in [-0.15, -0.1) is 0 Å². The second-order valence-corrected chi connectivity index (χ2v) is 7.88. The van der Waals surface area contributed by atoms with E-state index >= 15 is 0 Å². The fourth-order valence-electron chi connectivity index (χ4n) is 4.44. The van der Waals surface area contributed by atoms with Crippen LogP contribution in [-0.2, 0) is 4.79 Å². The Morgan fingerprint density at radius 1 is 1.12 bits per heavy atom. The quantitative estimate of drug-likeness (QED) is 0.821. The lowest BCUT2D eigenvalue weighted by Gasteiger charge is -2.38. The summed E-state index contributed by atoms with van der Waals surface area (Å²) in [6.07, 6.45) is 5.16. The number of likely N-dealkylation sites (N-methyl/N-ethyl adjacent to an activating group) is 1. The van der Waals surface area contributed by atoms with Crippen molar-refractivity contribution in [2.24, 2.45) is 0 Å². The molecule has 2 aliphatic rings. The van der Waals surface area contributed by atoms with E-state index in [1.54, 1.807) is 11.8 Å². The van der Waals surface area contributed by atoms with Crippen molar-refractivity contribution in [3.63, 3.8) is 0 Å². The Kier molecular flexibility index (Phi) is 5.37. The summed E-state index contributed by atoms with van der Waals surface area (Å²) in [6.45, 7) is 6.52. The number of hydrogen-bond acceptors (Lipinski definition) is 5. The number of hydrogen-bond donors (Lipinski definition) is 0. The SMILES string of the molecule is Cc1noc(C)c1C(=O)N1CCC[C@]2(CCCN2CC(=O)N(C)C)CC1. The minimum Gasteiger partial charge on any atom is -0.361 e. The van der Waals surface area contributed by atoms with Crippen LogP contribution in [0.4, 0.5) is 0 Å². The van der Waals surface area contributed by atoms with E-state index in [0.29, 0.717) is 23.6 Å². The summed E-state index contributed by atoms with van der Waals surface area (Å²) in [7, 11) is 3.62. The van der Waals surface area contributed by atoms with Crippen molar-refractivity contribution in [1.29, 1.82) is 0 Å². The highest BCUT2D eigenvalue weighted by atomic mass is 16.5. The number of carbonyl (C=O) groups is 2. The maximum atomic E-state index is 13.0. The summed E-state index contributed by atoms with van der Waals surface area (Å²) in [5, 5.41) is 3.91. The molecule has 0 aliphatic carbocycles. The van der Waals surface area contributed by atoms with E-state index in [1.165, 1.54) is 0 Å². The molecule has 1 spiro atoms. The van der Waals surface area contributed by atoms with E-state index in [0.717, 1.165) is 51.7 Å². The molecule has 0 N–H and O–H groups in total. The predicted molar refractivity (Wildman–Crippen MR) is 98.0 cm³/mol. The van der Waals surface area contributed by atoms with Crippen LogP contribution in [0.25, 0.3) is 0 Å². The molecule has 2 saturated heterocycles. The van der Waals surface area contributed by atoms with Gasteiger partial charge in [0.15, 0.2) is 0 Å². The molecule has 1 atom stereocenters. The maximum Gasteiger partial charge on any atom is 0.259 e. The van der Waals surface area contributed by atoms with Crippen LogP contribution >= 0.6 is 0 Å². The van der Waals surface area contributed by atoms with Crippen LogP contribution in [0.2, 0.25) is 0 Å². The number of amides is 2. The standard InChI is InChI=1S/C19H30N4O3/c1-14-17(15(2)26-20-14)18(25)22-10-5-7-19(9-12-22)8-6-11-23(19)13-16(24)21(3)4/h5-13H2,1-4H3/t19-/m0/s1. The molecule has 26 heavy (non-hydrogen) atoms. The Hall–Kier alpha value is -1.89. The van der Waals surface area contributed by atoms with Crippen LogP contribution in [0.1, 0.15) is 53.9 Å². The van der Waals surface area contributed by atoms with Gasteiger partial charge in [-0.1, -0.05) is 5.16 Å². The minimum absolute atomic E-state index is 0.0206. The van der Waals surface area contributed by atoms with Gasteiger partial charge < -0.3 is 14.3 Å². The highest BCUT2D eigenvalue weighted by Crippen LogP contribution is 2.38. The Balaban J connectivity index is 1.71. The average Bonchev–Trinajstić information content (AvgIpc) is 3.04. The lowest BCUT2D eigenvalue weighted by molar-refractivity contribution is -0.131. The zero-order chi connectivity index (χ0) is 18.9. The first-order valence-electron chi connectivity index (χ1n) is 9.51. The molecule has 0 saturated carbocycles. The molecule has 2 amide bonds. The van der Waals surface area contributed by atoms with Gasteiger partial charge in [-0.05, 0) is 52.5 Å². The summed E-state index contributed by atoms with van der Waals surface area (Å²) < 4.78 is 5.17. The van der Waals surface area contributed by atoms with Gasteiger partial charge in [0.05, 0.1) is 12.2 Å². The van der Waals surface area contributed by atoms with Crippen molar-refractivity contribution in [2.75, 3.05) is 40.3 Å². The molecule has 144 valence electrons. The summed E-state index contributed by atoms with van der Waals surface area (Å²) in [6, 6.07) is 0. The zero-order valence-electron chi connectivity index (χ0n) is 16.4. The maximum absolute atomic E-state index is 13.0. The number of carbonyl (C=O) groups excluding carboxylic acids is 2. The molecular formula is C19H30N4O3. The third kappa shape index (κ3) is 3.49. The molecule has 2 aliphatic heterocycles. The molecule has 3 heterocycles. The molecule has 7 nitrogen and oxygen atoms in total. The van der Waals surface area contributed by atoms with E-state index < -0.39 is 0 Å². The predicted octanol–water partition coefficient (Wildman–Crippen LogP) is 1.84. The van der Waals surface area contributed by atoms with Crippen molar-refractivity contribution in [3.05, 3.63) is 17.0 Å². The number of nitrogens with zero attached hydrogens (tertiary/aromatic N) is 4. The fraction of sp³-hybridized carbons (Fsp3) is 0.737. The smallest absolute Gasteiger partial charge is 0.259 e. The highest BCUT2D eigenvalue weighted by Gasteiger charge is 2.43. The first-order chi connectivity index (χ1) is 12.3. The molecule has 2 fully saturated rings. The first kappa shape index (κ1) is 18.9. The van der Waals surface area contributed by atoms with Gasteiger partial charge >= 0.3 is 0 Å². The Bertz CT molecular complexity index is 665. The van der Waals surface area contributed by atoms with Gasteiger partial charge in [0.2, 0.25) is 5.91 Å².